The van der Waals surface area contributed by atoms with E-state index < -0.39 is 5.97 Å². The van der Waals surface area contributed by atoms with Crippen LogP contribution in [-0.4, -0.2) is 33.5 Å². The van der Waals surface area contributed by atoms with Gasteiger partial charge in [-0.3, -0.25) is 9.89 Å². The third-order valence-electron chi connectivity index (χ3n) is 6.92. The zero-order chi connectivity index (χ0) is 19.8. The molecule has 0 saturated heterocycles. The monoisotopic (exact) mass is 411 g/mol. The second kappa shape index (κ2) is 7.59. The van der Waals surface area contributed by atoms with Gasteiger partial charge < -0.3 is 4.74 Å². The number of ketones is 1. The molecule has 6 rings (SSSR count). The highest BCUT2D eigenvalue weighted by Crippen LogP contribution is 2.60. The predicted molar refractivity (Wildman–Crippen MR) is 108 cm³/mol. The molecule has 29 heavy (non-hydrogen) atoms. The summed E-state index contributed by atoms with van der Waals surface area (Å²) >= 11 is 1.55. The number of nitrogens with one attached hydrogen (secondary N) is 1. The lowest BCUT2D eigenvalue weighted by Gasteiger charge is -2.55. The summed E-state index contributed by atoms with van der Waals surface area (Å²) in [4.78, 5) is 29.5. The van der Waals surface area contributed by atoms with Crippen molar-refractivity contribution in [2.45, 2.75) is 49.4 Å². The number of esters is 1. The molecule has 1 heterocycles. The van der Waals surface area contributed by atoms with E-state index in [0.717, 1.165) is 35.7 Å². The standard InChI is InChI=1S/C22H25N3O3S/c26-19(22-8-15-5-16(9-22)7-17(6-15)10-22)11-28-20(27)18-3-1-14(2-4-18)12-29-21-23-13-24-25-21/h1-4,13,15-17H,5-12H2,(H,23,24,25). The van der Waals surface area contributed by atoms with Gasteiger partial charge in [-0.25, -0.2) is 9.78 Å². The maximum Gasteiger partial charge on any atom is 0.338 e. The molecule has 4 bridgehead atoms. The van der Waals surface area contributed by atoms with Gasteiger partial charge in [0.15, 0.2) is 17.5 Å². The highest BCUT2D eigenvalue weighted by Gasteiger charge is 2.54. The molecule has 0 amide bonds. The van der Waals surface area contributed by atoms with Crippen molar-refractivity contribution in [3.8, 4) is 0 Å². The molecule has 0 unspecified atom stereocenters. The van der Waals surface area contributed by atoms with E-state index in [0.29, 0.717) is 23.3 Å². The number of H-pyrrole nitrogens is 1. The first-order chi connectivity index (χ1) is 14.1. The SMILES string of the molecule is O=C(OCC(=O)C12CC3CC(CC(C3)C1)C2)c1ccc(CSc2ncn[nH]2)cc1. The third-order valence-corrected chi connectivity index (χ3v) is 7.87. The van der Waals surface area contributed by atoms with Crippen LogP contribution in [0.3, 0.4) is 0 Å². The van der Waals surface area contributed by atoms with E-state index in [9.17, 15) is 9.59 Å². The fraction of sp³-hybridized carbons (Fsp3) is 0.545. The van der Waals surface area contributed by atoms with Crippen LogP contribution in [0.15, 0.2) is 35.7 Å². The van der Waals surface area contributed by atoms with Gasteiger partial charge in [0, 0.05) is 11.2 Å². The molecule has 4 saturated carbocycles. The summed E-state index contributed by atoms with van der Waals surface area (Å²) in [6.07, 6.45) is 8.40. The zero-order valence-electron chi connectivity index (χ0n) is 16.3. The number of ether oxygens (including phenoxy) is 1. The second-order valence-corrected chi connectivity index (χ2v) is 9.94. The Kier molecular flexibility index (Phi) is 4.94. The van der Waals surface area contributed by atoms with Crippen molar-refractivity contribution in [3.63, 3.8) is 0 Å². The largest absolute Gasteiger partial charge is 0.454 e. The Hall–Kier alpha value is -2.15. The number of hydrogen-bond acceptors (Lipinski definition) is 6. The minimum absolute atomic E-state index is 0.0892. The van der Waals surface area contributed by atoms with Crippen LogP contribution in [0.2, 0.25) is 0 Å². The Bertz CT molecular complexity index is 859. The van der Waals surface area contributed by atoms with Crippen LogP contribution < -0.4 is 0 Å². The number of hydrogen-bond donors (Lipinski definition) is 1. The van der Waals surface area contributed by atoms with Crippen LogP contribution in [0.4, 0.5) is 0 Å². The molecule has 0 radical (unpaired) electrons. The van der Waals surface area contributed by atoms with Gasteiger partial charge in [0.2, 0.25) is 0 Å². The highest BCUT2D eigenvalue weighted by atomic mass is 32.2. The Morgan fingerprint density at radius 3 is 2.31 bits per heavy atom. The number of carbonyl (C=O) groups is 2. The van der Waals surface area contributed by atoms with Gasteiger partial charge >= 0.3 is 5.97 Å². The summed E-state index contributed by atoms with van der Waals surface area (Å²) in [6, 6.07) is 7.32. The van der Waals surface area contributed by atoms with Gasteiger partial charge in [-0.15, -0.1) is 0 Å². The fourth-order valence-electron chi connectivity index (χ4n) is 5.97. The number of thioether (sulfide) groups is 1. The summed E-state index contributed by atoms with van der Waals surface area (Å²) < 4.78 is 5.42. The van der Waals surface area contributed by atoms with Gasteiger partial charge in [-0.2, -0.15) is 5.10 Å². The number of rotatable bonds is 7. The van der Waals surface area contributed by atoms with E-state index in [1.54, 1.807) is 23.9 Å². The van der Waals surface area contributed by atoms with Gasteiger partial charge in [-0.1, -0.05) is 23.9 Å². The van der Waals surface area contributed by atoms with Gasteiger partial charge in [0.05, 0.1) is 5.56 Å². The predicted octanol–water partition coefficient (Wildman–Crippen LogP) is 4.04. The topological polar surface area (TPSA) is 84.9 Å². The van der Waals surface area contributed by atoms with Crippen molar-refractivity contribution in [1.29, 1.82) is 0 Å². The van der Waals surface area contributed by atoms with E-state index in [1.165, 1.54) is 25.6 Å². The van der Waals surface area contributed by atoms with Crippen molar-refractivity contribution < 1.29 is 14.3 Å². The molecule has 0 aliphatic heterocycles. The Labute approximate surface area is 174 Å². The summed E-state index contributed by atoms with van der Waals surface area (Å²) in [7, 11) is 0. The van der Waals surface area contributed by atoms with Crippen molar-refractivity contribution in [3.05, 3.63) is 41.7 Å². The van der Waals surface area contributed by atoms with Crippen molar-refractivity contribution in [1.82, 2.24) is 15.2 Å². The zero-order valence-corrected chi connectivity index (χ0v) is 17.1. The fourth-order valence-corrected chi connectivity index (χ4v) is 6.71. The first-order valence-corrected chi connectivity index (χ1v) is 11.4. The molecule has 0 atom stereocenters. The molecular weight excluding hydrogens is 386 g/mol. The van der Waals surface area contributed by atoms with Gasteiger partial charge in [0.1, 0.15) is 6.33 Å². The molecular formula is C22H25N3O3S. The van der Waals surface area contributed by atoms with Gasteiger partial charge in [-0.05, 0) is 74.0 Å². The van der Waals surface area contributed by atoms with Crippen LogP contribution in [0.25, 0.3) is 0 Å². The molecule has 6 nitrogen and oxygen atoms in total. The number of carbonyl (C=O) groups excluding carboxylic acids is 2. The normalized spacial score (nSPS) is 29.7. The number of aromatic amines is 1. The molecule has 7 heteroatoms. The van der Waals surface area contributed by atoms with Crippen molar-refractivity contribution in [2.75, 3.05) is 6.61 Å². The highest BCUT2D eigenvalue weighted by molar-refractivity contribution is 7.98. The minimum atomic E-state index is -0.419. The average molecular weight is 412 g/mol. The van der Waals surface area contributed by atoms with Crippen LogP contribution >= 0.6 is 11.8 Å². The molecule has 2 aromatic rings. The first-order valence-electron chi connectivity index (χ1n) is 10.4. The number of nitrogens with zero attached hydrogens (tertiary/aromatic N) is 2. The van der Waals surface area contributed by atoms with Gasteiger partial charge in [0.25, 0.3) is 0 Å². The number of benzene rings is 1. The molecule has 4 aliphatic carbocycles. The second-order valence-electron chi connectivity index (χ2n) is 8.97. The molecule has 1 N–H and O–H groups in total. The Morgan fingerprint density at radius 1 is 1.07 bits per heavy atom. The van der Waals surface area contributed by atoms with Crippen LogP contribution in [0.1, 0.15) is 54.4 Å². The minimum Gasteiger partial charge on any atom is -0.454 e. The summed E-state index contributed by atoms with van der Waals surface area (Å²) in [5.74, 6) is 2.59. The molecule has 4 aliphatic rings. The van der Waals surface area contributed by atoms with Crippen molar-refractivity contribution >= 4 is 23.5 Å². The quantitative estimate of drug-likeness (QED) is 0.547. The Balaban J connectivity index is 1.15. The van der Waals surface area contributed by atoms with Crippen LogP contribution in [-0.2, 0) is 15.3 Å². The van der Waals surface area contributed by atoms with E-state index in [-0.39, 0.29) is 17.8 Å². The first kappa shape index (κ1) is 18.9. The van der Waals surface area contributed by atoms with E-state index in [2.05, 4.69) is 15.2 Å². The summed E-state index contributed by atoms with van der Waals surface area (Å²) in [6.45, 7) is -0.0892. The van der Waals surface area contributed by atoms with E-state index in [1.807, 2.05) is 12.1 Å². The summed E-state index contributed by atoms with van der Waals surface area (Å²) in [5, 5.41) is 7.39. The molecule has 1 aromatic heterocycles. The smallest absolute Gasteiger partial charge is 0.338 e. The maximum atomic E-state index is 13.0. The van der Waals surface area contributed by atoms with Crippen LogP contribution in [0.5, 0.6) is 0 Å². The van der Waals surface area contributed by atoms with Crippen LogP contribution in [0, 0.1) is 23.2 Å². The van der Waals surface area contributed by atoms with E-state index in [4.69, 9.17) is 4.74 Å². The van der Waals surface area contributed by atoms with Crippen molar-refractivity contribution in [2.24, 2.45) is 23.2 Å². The third kappa shape index (κ3) is 3.84. The number of Topliss-reactive ketones (excluding diaryl/α,β-unsaturated/α-hetero) is 1. The lowest BCUT2D eigenvalue weighted by Crippen LogP contribution is -2.51. The molecule has 152 valence electrons. The lowest BCUT2D eigenvalue weighted by molar-refractivity contribution is -0.147. The summed E-state index contributed by atoms with van der Waals surface area (Å²) in [5.41, 5.74) is 1.35. The molecule has 1 aromatic carbocycles. The average Bonchev–Trinajstić information content (AvgIpc) is 3.23. The molecule has 0 spiro atoms. The van der Waals surface area contributed by atoms with E-state index >= 15 is 0 Å². The lowest BCUT2D eigenvalue weighted by atomic mass is 9.48. The Morgan fingerprint density at radius 2 is 1.72 bits per heavy atom. The molecule has 4 fully saturated rings. The number of aromatic nitrogens is 3. The maximum absolute atomic E-state index is 13.0.